The van der Waals surface area contributed by atoms with E-state index < -0.39 is 17.3 Å². The average molecular weight is 517 g/mol. The van der Waals surface area contributed by atoms with Gasteiger partial charge in [-0.2, -0.15) is 13.2 Å². The molecule has 0 amide bonds. The molecular weight excluding hydrogens is 489 g/mol. The largest absolute Gasteiger partial charge is 0.488 e. The van der Waals surface area contributed by atoms with Crippen molar-refractivity contribution in [3.63, 3.8) is 0 Å². The molecule has 0 bridgehead atoms. The number of hydrogen-bond donors (Lipinski definition) is 0. The van der Waals surface area contributed by atoms with Crippen molar-refractivity contribution in [1.29, 1.82) is 0 Å². The first-order valence-corrected chi connectivity index (χ1v) is 12.2. The summed E-state index contributed by atoms with van der Waals surface area (Å²) in [5.41, 5.74) is 2.04. The lowest BCUT2D eigenvalue weighted by Gasteiger charge is -2.19. The molecule has 4 rings (SSSR count). The average Bonchev–Trinajstić information content (AvgIpc) is 3.29. The molecule has 0 N–H and O–H groups in total. The van der Waals surface area contributed by atoms with Gasteiger partial charge in [-0.25, -0.2) is 4.98 Å². The highest BCUT2D eigenvalue weighted by atomic mass is 32.1. The second kappa shape index (κ2) is 9.61. The van der Waals surface area contributed by atoms with E-state index in [9.17, 15) is 18.0 Å². The summed E-state index contributed by atoms with van der Waals surface area (Å²) in [6, 6.07) is 10.7. The number of carbonyl (C=O) groups is 1. The molecule has 2 aromatic carbocycles. The lowest BCUT2D eigenvalue weighted by molar-refractivity contribution is -0.155. The Balaban J connectivity index is 1.50. The Morgan fingerprint density at radius 3 is 2.39 bits per heavy atom. The van der Waals surface area contributed by atoms with Gasteiger partial charge in [0.2, 0.25) is 0 Å². The molecule has 0 unspecified atom stereocenters. The highest BCUT2D eigenvalue weighted by molar-refractivity contribution is 7.15. The van der Waals surface area contributed by atoms with Crippen LogP contribution in [0.5, 0.6) is 5.75 Å². The third-order valence-corrected chi connectivity index (χ3v) is 6.67. The number of hydrogen-bond acceptors (Lipinski definition) is 5. The summed E-state index contributed by atoms with van der Waals surface area (Å²) < 4.78 is 51.9. The van der Waals surface area contributed by atoms with Gasteiger partial charge >= 0.3 is 12.1 Å². The van der Waals surface area contributed by atoms with Gasteiger partial charge in [-0.05, 0) is 64.4 Å². The molecule has 2 heterocycles. The van der Waals surface area contributed by atoms with Crippen LogP contribution >= 0.6 is 11.3 Å². The van der Waals surface area contributed by atoms with Crippen molar-refractivity contribution in [3.8, 4) is 16.3 Å². The van der Waals surface area contributed by atoms with Crippen LogP contribution < -0.4 is 4.74 Å². The summed E-state index contributed by atoms with van der Waals surface area (Å²) in [6.07, 6.45) is -2.45. The van der Waals surface area contributed by atoms with Crippen molar-refractivity contribution in [2.24, 2.45) is 0 Å². The monoisotopic (exact) mass is 516 g/mol. The molecule has 0 spiro atoms. The number of fused-ring (bicyclic) bond motifs is 1. The summed E-state index contributed by atoms with van der Waals surface area (Å²) in [5, 5.41) is 1.65. The molecule has 0 saturated carbocycles. The molecule has 0 fully saturated rings. The molecule has 36 heavy (non-hydrogen) atoms. The number of aryl methyl sites for hydroxylation is 2. The lowest BCUT2D eigenvalue weighted by atomic mass is 10.1. The van der Waals surface area contributed by atoms with Gasteiger partial charge < -0.3 is 14.0 Å². The summed E-state index contributed by atoms with van der Waals surface area (Å²) >= 11 is 1.39. The minimum absolute atomic E-state index is 0.0928. The molecule has 0 radical (unpaired) electrons. The summed E-state index contributed by atoms with van der Waals surface area (Å²) in [5.74, 6) is 0.316. The molecule has 0 aliphatic heterocycles. The molecule has 5 nitrogen and oxygen atoms in total. The molecule has 0 atom stereocenters. The highest BCUT2D eigenvalue weighted by Crippen LogP contribution is 2.34. The predicted molar refractivity (Wildman–Crippen MR) is 134 cm³/mol. The van der Waals surface area contributed by atoms with Crippen molar-refractivity contribution >= 4 is 28.2 Å². The Labute approximate surface area is 211 Å². The number of carbonyl (C=O) groups excluding carboxylic acids is 1. The molecule has 2 aromatic heterocycles. The van der Waals surface area contributed by atoms with Crippen LogP contribution in [0.4, 0.5) is 13.2 Å². The molecule has 9 heteroatoms. The molecule has 4 aromatic rings. The zero-order valence-corrected chi connectivity index (χ0v) is 21.5. The van der Waals surface area contributed by atoms with Gasteiger partial charge in [-0.1, -0.05) is 12.1 Å². The first-order chi connectivity index (χ1) is 16.8. The summed E-state index contributed by atoms with van der Waals surface area (Å²) in [6.45, 7) is 9.69. The van der Waals surface area contributed by atoms with E-state index in [2.05, 4.69) is 4.98 Å². The third kappa shape index (κ3) is 5.90. The second-order valence-corrected chi connectivity index (χ2v) is 10.7. The van der Waals surface area contributed by atoms with Crippen LogP contribution in [0.1, 0.15) is 42.5 Å². The van der Waals surface area contributed by atoms with E-state index >= 15 is 0 Å². The SMILES string of the molecule is Cc1nc(-c2ccc(C(F)(F)F)cc2)sc1COc1ccc2c(C)cn(CC(=O)OC(C)(C)C)c2c1. The number of alkyl halides is 3. The highest BCUT2D eigenvalue weighted by Gasteiger charge is 2.30. The number of aromatic nitrogens is 2. The van der Waals surface area contributed by atoms with Crippen molar-refractivity contribution in [1.82, 2.24) is 9.55 Å². The van der Waals surface area contributed by atoms with Gasteiger partial charge in [0.25, 0.3) is 0 Å². The number of halogens is 3. The van der Waals surface area contributed by atoms with E-state index in [0.717, 1.165) is 39.2 Å². The first-order valence-electron chi connectivity index (χ1n) is 11.4. The fraction of sp³-hybridized carbons (Fsp3) is 0.333. The standard InChI is InChI=1S/C27H27F3N2O3S/c1-16-13-32(14-24(33)35-26(3,4)5)22-12-20(10-11-21(16)22)34-15-23-17(2)31-25(36-23)18-6-8-19(9-7-18)27(28,29)30/h6-13H,14-15H2,1-5H3. The normalized spacial score (nSPS) is 12.2. The Kier molecular flexibility index (Phi) is 6.88. The maximum Gasteiger partial charge on any atom is 0.416 e. The minimum Gasteiger partial charge on any atom is -0.488 e. The lowest BCUT2D eigenvalue weighted by Crippen LogP contribution is -2.26. The maximum atomic E-state index is 12.8. The number of esters is 1. The Bertz CT molecular complexity index is 1400. The second-order valence-electron chi connectivity index (χ2n) is 9.60. The van der Waals surface area contributed by atoms with E-state index in [4.69, 9.17) is 9.47 Å². The predicted octanol–water partition coefficient (Wildman–Crippen LogP) is 7.32. The van der Waals surface area contributed by atoms with Crippen molar-refractivity contribution in [2.45, 2.75) is 59.5 Å². The van der Waals surface area contributed by atoms with E-state index in [1.807, 2.05) is 63.6 Å². The van der Waals surface area contributed by atoms with Gasteiger partial charge in [0.05, 0.1) is 21.7 Å². The number of rotatable bonds is 6. The number of benzene rings is 2. The minimum atomic E-state index is -4.37. The van der Waals surface area contributed by atoms with Gasteiger partial charge in [0.1, 0.15) is 29.5 Å². The van der Waals surface area contributed by atoms with Crippen LogP contribution in [0.2, 0.25) is 0 Å². The number of thiazole rings is 1. The molecule has 190 valence electrons. The zero-order chi connectivity index (χ0) is 26.3. The van der Waals surface area contributed by atoms with Crippen LogP contribution in [0.15, 0.2) is 48.7 Å². The van der Waals surface area contributed by atoms with E-state index in [-0.39, 0.29) is 19.1 Å². The fourth-order valence-electron chi connectivity index (χ4n) is 3.82. The maximum absolute atomic E-state index is 12.8. The van der Waals surface area contributed by atoms with E-state index in [0.29, 0.717) is 16.3 Å². The van der Waals surface area contributed by atoms with E-state index in [1.165, 1.54) is 23.5 Å². The fourth-order valence-corrected chi connectivity index (χ4v) is 4.81. The van der Waals surface area contributed by atoms with Crippen LogP contribution in [-0.4, -0.2) is 21.1 Å². The summed E-state index contributed by atoms with van der Waals surface area (Å²) in [7, 11) is 0. The van der Waals surface area contributed by atoms with Gasteiger partial charge in [-0.15, -0.1) is 11.3 Å². The Morgan fingerprint density at radius 2 is 1.75 bits per heavy atom. The van der Waals surface area contributed by atoms with Crippen LogP contribution in [0.3, 0.4) is 0 Å². The van der Waals surface area contributed by atoms with Crippen molar-refractivity contribution in [2.75, 3.05) is 0 Å². The molecule has 0 saturated heterocycles. The van der Waals surface area contributed by atoms with Gasteiger partial charge in [0, 0.05) is 23.2 Å². The van der Waals surface area contributed by atoms with Crippen molar-refractivity contribution < 1.29 is 27.4 Å². The molecule has 0 aliphatic carbocycles. The van der Waals surface area contributed by atoms with E-state index in [1.54, 1.807) is 0 Å². The zero-order valence-electron chi connectivity index (χ0n) is 20.7. The number of nitrogens with zero attached hydrogens (tertiary/aromatic N) is 2. The first kappa shape index (κ1) is 25.8. The molecule has 0 aliphatic rings. The van der Waals surface area contributed by atoms with Gasteiger partial charge in [-0.3, -0.25) is 4.79 Å². The quantitative estimate of drug-likeness (QED) is 0.252. The van der Waals surface area contributed by atoms with Crippen LogP contribution in [0.25, 0.3) is 21.5 Å². The smallest absolute Gasteiger partial charge is 0.416 e. The Morgan fingerprint density at radius 1 is 1.06 bits per heavy atom. The number of ether oxygens (including phenoxy) is 2. The third-order valence-electron chi connectivity index (χ3n) is 5.49. The molecular formula is C27H27F3N2O3S. The van der Waals surface area contributed by atoms with Crippen LogP contribution in [-0.2, 0) is 28.9 Å². The van der Waals surface area contributed by atoms with Gasteiger partial charge in [0.15, 0.2) is 0 Å². The topological polar surface area (TPSA) is 53.4 Å². The van der Waals surface area contributed by atoms with Crippen molar-refractivity contribution in [3.05, 3.63) is 70.4 Å². The van der Waals surface area contributed by atoms with Crippen LogP contribution in [0, 0.1) is 13.8 Å². The Hall–Kier alpha value is -3.33. The summed E-state index contributed by atoms with van der Waals surface area (Å²) in [4.78, 5) is 17.8.